The van der Waals surface area contributed by atoms with Crippen LogP contribution in [0.2, 0.25) is 0 Å². The van der Waals surface area contributed by atoms with E-state index in [9.17, 15) is 4.79 Å². The summed E-state index contributed by atoms with van der Waals surface area (Å²) in [6.45, 7) is 6.04. The highest BCUT2D eigenvalue weighted by Crippen LogP contribution is 2.14. The molecule has 0 N–H and O–H groups in total. The molecule has 0 atom stereocenters. The summed E-state index contributed by atoms with van der Waals surface area (Å²) in [5.41, 5.74) is 1.93. The molecular formula is C12H22O2. The third kappa shape index (κ3) is 5.05. The molecule has 0 bridgehead atoms. The maximum atomic E-state index is 11.2. The van der Waals surface area contributed by atoms with Crippen molar-refractivity contribution in [3.63, 3.8) is 0 Å². The van der Waals surface area contributed by atoms with Crippen LogP contribution in [0.4, 0.5) is 0 Å². The Morgan fingerprint density at radius 2 is 1.79 bits per heavy atom. The number of unbranched alkanes of at least 4 members (excludes halogenated alkanes) is 3. The van der Waals surface area contributed by atoms with Crippen molar-refractivity contribution in [1.82, 2.24) is 0 Å². The van der Waals surface area contributed by atoms with Crippen molar-refractivity contribution in [2.75, 3.05) is 7.11 Å². The fourth-order valence-electron chi connectivity index (χ4n) is 1.33. The number of hydrogen-bond acceptors (Lipinski definition) is 2. The first-order valence-electron chi connectivity index (χ1n) is 5.38. The van der Waals surface area contributed by atoms with Gasteiger partial charge in [-0.3, -0.25) is 0 Å². The topological polar surface area (TPSA) is 26.3 Å². The Morgan fingerprint density at radius 1 is 1.14 bits per heavy atom. The zero-order valence-electron chi connectivity index (χ0n) is 9.85. The lowest BCUT2D eigenvalue weighted by Crippen LogP contribution is -2.03. The molecule has 0 radical (unpaired) electrons. The summed E-state index contributed by atoms with van der Waals surface area (Å²) in [5, 5.41) is 0. The fraction of sp³-hybridized carbons (Fsp3) is 0.750. The standard InChI is InChI=1S/C12H22O2/c1-5-6-7-8-9-10(2)11(3)12(13)14-4/h5-9H2,1-4H3/b11-10-. The van der Waals surface area contributed by atoms with Crippen LogP contribution >= 0.6 is 0 Å². The molecule has 0 aliphatic heterocycles. The molecule has 0 spiro atoms. The van der Waals surface area contributed by atoms with E-state index in [1.165, 1.54) is 32.8 Å². The number of esters is 1. The maximum Gasteiger partial charge on any atom is 0.333 e. The first-order valence-corrected chi connectivity index (χ1v) is 5.38. The molecule has 0 aromatic rings. The van der Waals surface area contributed by atoms with Crippen molar-refractivity contribution in [1.29, 1.82) is 0 Å². The van der Waals surface area contributed by atoms with Gasteiger partial charge in [0.15, 0.2) is 0 Å². The van der Waals surface area contributed by atoms with Crippen molar-refractivity contribution in [3.8, 4) is 0 Å². The van der Waals surface area contributed by atoms with Crippen LogP contribution in [0, 0.1) is 0 Å². The minimum atomic E-state index is -0.196. The van der Waals surface area contributed by atoms with Crippen LogP contribution in [0.25, 0.3) is 0 Å². The van der Waals surface area contributed by atoms with Gasteiger partial charge in [0.05, 0.1) is 7.11 Å². The normalized spacial score (nSPS) is 12.3. The largest absolute Gasteiger partial charge is 0.466 e. The number of ether oxygens (including phenoxy) is 1. The zero-order valence-corrected chi connectivity index (χ0v) is 9.85. The van der Waals surface area contributed by atoms with Gasteiger partial charge in [-0.15, -0.1) is 0 Å². The second-order valence-electron chi connectivity index (χ2n) is 3.71. The Kier molecular flexibility index (Phi) is 7.17. The van der Waals surface area contributed by atoms with Gasteiger partial charge in [0.1, 0.15) is 0 Å². The number of carbonyl (C=O) groups excluding carboxylic acids is 1. The summed E-state index contributed by atoms with van der Waals surface area (Å²) in [6, 6.07) is 0. The average Bonchev–Trinajstić information content (AvgIpc) is 2.21. The molecule has 0 aliphatic rings. The molecule has 0 aliphatic carbocycles. The molecule has 0 saturated heterocycles. The van der Waals surface area contributed by atoms with Gasteiger partial charge in [0.2, 0.25) is 0 Å². The van der Waals surface area contributed by atoms with Gasteiger partial charge in [0, 0.05) is 5.57 Å². The van der Waals surface area contributed by atoms with Gasteiger partial charge in [-0.1, -0.05) is 31.8 Å². The molecule has 0 aromatic heterocycles. The molecule has 82 valence electrons. The molecule has 0 unspecified atom stereocenters. The van der Waals surface area contributed by atoms with Crippen LogP contribution in [0.1, 0.15) is 52.9 Å². The Balaban J connectivity index is 3.91. The lowest BCUT2D eigenvalue weighted by molar-refractivity contribution is -0.136. The smallest absolute Gasteiger partial charge is 0.333 e. The van der Waals surface area contributed by atoms with Crippen molar-refractivity contribution >= 4 is 5.97 Å². The van der Waals surface area contributed by atoms with E-state index in [1.54, 1.807) is 0 Å². The Labute approximate surface area is 87.3 Å². The van der Waals surface area contributed by atoms with E-state index in [0.717, 1.165) is 17.6 Å². The Hall–Kier alpha value is -0.790. The van der Waals surface area contributed by atoms with E-state index in [1.807, 2.05) is 13.8 Å². The number of allylic oxidation sites excluding steroid dienone is 1. The maximum absolute atomic E-state index is 11.2. The van der Waals surface area contributed by atoms with Crippen molar-refractivity contribution in [2.45, 2.75) is 52.9 Å². The SMILES string of the molecule is CCCCCC/C(C)=C(/C)C(=O)OC. The molecule has 2 nitrogen and oxygen atoms in total. The van der Waals surface area contributed by atoms with Gasteiger partial charge < -0.3 is 4.74 Å². The van der Waals surface area contributed by atoms with Crippen LogP contribution in [0.3, 0.4) is 0 Å². The van der Waals surface area contributed by atoms with Crippen molar-refractivity contribution in [2.24, 2.45) is 0 Å². The third-order valence-corrected chi connectivity index (χ3v) is 2.54. The number of hydrogen-bond donors (Lipinski definition) is 0. The minimum Gasteiger partial charge on any atom is -0.466 e. The van der Waals surface area contributed by atoms with E-state index in [4.69, 9.17) is 0 Å². The van der Waals surface area contributed by atoms with Crippen molar-refractivity contribution in [3.05, 3.63) is 11.1 Å². The predicted molar refractivity (Wildman–Crippen MR) is 59.1 cm³/mol. The highest BCUT2D eigenvalue weighted by molar-refractivity contribution is 5.88. The summed E-state index contributed by atoms with van der Waals surface area (Å²) < 4.78 is 4.66. The molecule has 0 aromatic carbocycles. The van der Waals surface area contributed by atoms with Gasteiger partial charge >= 0.3 is 5.97 Å². The molecule has 0 fully saturated rings. The highest BCUT2D eigenvalue weighted by Gasteiger charge is 2.06. The van der Waals surface area contributed by atoms with E-state index in [-0.39, 0.29) is 5.97 Å². The molecule has 0 amide bonds. The number of carbonyl (C=O) groups is 1. The fourth-order valence-corrected chi connectivity index (χ4v) is 1.33. The van der Waals surface area contributed by atoms with Crippen LogP contribution < -0.4 is 0 Å². The minimum absolute atomic E-state index is 0.196. The summed E-state index contributed by atoms with van der Waals surface area (Å²) in [5.74, 6) is -0.196. The Bertz CT molecular complexity index is 204. The van der Waals surface area contributed by atoms with E-state index < -0.39 is 0 Å². The number of rotatable bonds is 6. The predicted octanol–water partition coefficient (Wildman–Crippen LogP) is 3.47. The summed E-state index contributed by atoms with van der Waals surface area (Å²) in [7, 11) is 1.43. The van der Waals surface area contributed by atoms with Crippen molar-refractivity contribution < 1.29 is 9.53 Å². The first-order chi connectivity index (χ1) is 6.63. The monoisotopic (exact) mass is 198 g/mol. The lowest BCUT2D eigenvalue weighted by atomic mass is 10.0. The van der Waals surface area contributed by atoms with E-state index in [2.05, 4.69) is 11.7 Å². The van der Waals surface area contributed by atoms with E-state index >= 15 is 0 Å². The van der Waals surface area contributed by atoms with Gasteiger partial charge in [-0.05, 0) is 26.7 Å². The quantitative estimate of drug-likeness (QED) is 0.371. The summed E-state index contributed by atoms with van der Waals surface area (Å²) in [6.07, 6.45) is 5.97. The molecule has 14 heavy (non-hydrogen) atoms. The Morgan fingerprint density at radius 3 is 2.29 bits per heavy atom. The number of methoxy groups -OCH3 is 1. The molecule has 0 rings (SSSR count). The molecule has 0 heterocycles. The van der Waals surface area contributed by atoms with E-state index in [0.29, 0.717) is 0 Å². The lowest BCUT2D eigenvalue weighted by Gasteiger charge is -2.05. The summed E-state index contributed by atoms with van der Waals surface area (Å²) >= 11 is 0. The molecule has 0 saturated carbocycles. The second kappa shape index (κ2) is 7.60. The van der Waals surface area contributed by atoms with Crippen LogP contribution in [-0.4, -0.2) is 13.1 Å². The van der Waals surface area contributed by atoms with Crippen LogP contribution in [-0.2, 0) is 9.53 Å². The van der Waals surface area contributed by atoms with Gasteiger partial charge in [-0.25, -0.2) is 4.79 Å². The third-order valence-electron chi connectivity index (χ3n) is 2.54. The molecular weight excluding hydrogens is 176 g/mol. The van der Waals surface area contributed by atoms with Crippen LogP contribution in [0.5, 0.6) is 0 Å². The summed E-state index contributed by atoms with van der Waals surface area (Å²) in [4.78, 5) is 11.2. The van der Waals surface area contributed by atoms with Crippen LogP contribution in [0.15, 0.2) is 11.1 Å². The average molecular weight is 198 g/mol. The highest BCUT2D eigenvalue weighted by atomic mass is 16.5. The first kappa shape index (κ1) is 13.2. The zero-order chi connectivity index (χ0) is 11.0. The van der Waals surface area contributed by atoms with Gasteiger partial charge in [0.25, 0.3) is 0 Å². The second-order valence-corrected chi connectivity index (χ2v) is 3.71. The van der Waals surface area contributed by atoms with Gasteiger partial charge in [-0.2, -0.15) is 0 Å². The molecule has 2 heteroatoms.